The average Bonchev–Trinajstić information content (AvgIpc) is 3.17. The van der Waals surface area contributed by atoms with Crippen molar-refractivity contribution in [1.82, 2.24) is 9.78 Å². The van der Waals surface area contributed by atoms with Crippen LogP contribution in [-0.4, -0.2) is 15.7 Å². The standard InChI is InChI=1S/C16H15N3O3S/c1-11-4-6-12(7-5-11)17-14(20)8-9-19-16(21)22-15(18-19)13-3-2-10-23-13/h2-7,10H,8-9H2,1H3,(H,17,20). The summed E-state index contributed by atoms with van der Waals surface area (Å²) in [6.45, 7) is 2.15. The van der Waals surface area contributed by atoms with Crippen molar-refractivity contribution in [1.29, 1.82) is 0 Å². The summed E-state index contributed by atoms with van der Waals surface area (Å²) in [6.07, 6.45) is 0.143. The van der Waals surface area contributed by atoms with E-state index in [9.17, 15) is 9.59 Å². The van der Waals surface area contributed by atoms with E-state index in [-0.39, 0.29) is 24.8 Å². The van der Waals surface area contributed by atoms with Crippen molar-refractivity contribution in [3.05, 3.63) is 57.9 Å². The summed E-state index contributed by atoms with van der Waals surface area (Å²) in [5.41, 5.74) is 1.85. The molecule has 0 saturated heterocycles. The number of nitrogens with one attached hydrogen (secondary N) is 1. The lowest BCUT2D eigenvalue weighted by atomic mass is 10.2. The number of hydrogen-bond donors (Lipinski definition) is 1. The number of carbonyl (C=O) groups is 1. The van der Waals surface area contributed by atoms with Crippen LogP contribution in [0.1, 0.15) is 12.0 Å². The molecule has 0 aliphatic rings. The van der Waals surface area contributed by atoms with Crippen LogP contribution in [-0.2, 0) is 11.3 Å². The highest BCUT2D eigenvalue weighted by molar-refractivity contribution is 7.13. The minimum atomic E-state index is -0.559. The second kappa shape index (κ2) is 6.62. The van der Waals surface area contributed by atoms with Gasteiger partial charge in [-0.3, -0.25) is 4.79 Å². The van der Waals surface area contributed by atoms with Crippen LogP contribution in [0.4, 0.5) is 5.69 Å². The van der Waals surface area contributed by atoms with Gasteiger partial charge in [-0.1, -0.05) is 23.8 Å². The maximum atomic E-state index is 11.9. The molecule has 0 radical (unpaired) electrons. The zero-order chi connectivity index (χ0) is 16.2. The molecule has 3 aromatic rings. The molecule has 7 heteroatoms. The highest BCUT2D eigenvalue weighted by atomic mass is 32.1. The van der Waals surface area contributed by atoms with Crippen molar-refractivity contribution in [2.75, 3.05) is 5.32 Å². The molecule has 3 rings (SSSR count). The Morgan fingerprint density at radius 1 is 1.30 bits per heavy atom. The summed E-state index contributed by atoms with van der Waals surface area (Å²) < 4.78 is 6.27. The molecule has 0 unspecified atom stereocenters. The number of rotatable bonds is 5. The van der Waals surface area contributed by atoms with E-state index in [1.807, 2.05) is 48.7 Å². The lowest BCUT2D eigenvalue weighted by Crippen LogP contribution is -2.20. The highest BCUT2D eigenvalue weighted by Crippen LogP contribution is 2.21. The maximum Gasteiger partial charge on any atom is 0.437 e. The van der Waals surface area contributed by atoms with Gasteiger partial charge in [0.1, 0.15) is 0 Å². The van der Waals surface area contributed by atoms with Crippen LogP contribution in [0.15, 0.2) is 51.0 Å². The van der Waals surface area contributed by atoms with Crippen LogP contribution in [0.25, 0.3) is 10.8 Å². The molecule has 2 aromatic heterocycles. The largest absolute Gasteiger partial charge is 0.437 e. The zero-order valence-electron chi connectivity index (χ0n) is 12.5. The van der Waals surface area contributed by atoms with Crippen LogP contribution in [0.5, 0.6) is 0 Å². The smallest absolute Gasteiger partial charge is 0.387 e. The molecule has 23 heavy (non-hydrogen) atoms. The number of thiophene rings is 1. The lowest BCUT2D eigenvalue weighted by Gasteiger charge is -2.04. The van der Waals surface area contributed by atoms with E-state index in [1.54, 1.807) is 0 Å². The summed E-state index contributed by atoms with van der Waals surface area (Å²) in [7, 11) is 0. The van der Waals surface area contributed by atoms with Crippen molar-refractivity contribution >= 4 is 22.9 Å². The fourth-order valence-corrected chi connectivity index (χ4v) is 2.66. The zero-order valence-corrected chi connectivity index (χ0v) is 13.3. The molecule has 0 aliphatic carbocycles. The number of anilines is 1. The van der Waals surface area contributed by atoms with Crippen molar-refractivity contribution < 1.29 is 9.21 Å². The van der Waals surface area contributed by atoms with Gasteiger partial charge in [0.25, 0.3) is 5.89 Å². The summed E-state index contributed by atoms with van der Waals surface area (Å²) in [5.74, 6) is -0.457. The quantitative estimate of drug-likeness (QED) is 0.781. The van der Waals surface area contributed by atoms with Crippen molar-refractivity contribution in [3.63, 3.8) is 0 Å². The first kappa shape index (κ1) is 15.2. The topological polar surface area (TPSA) is 77.1 Å². The van der Waals surface area contributed by atoms with E-state index in [0.29, 0.717) is 0 Å². The maximum absolute atomic E-state index is 11.9. The van der Waals surface area contributed by atoms with Crippen molar-refractivity contribution in [2.24, 2.45) is 0 Å². The Bertz CT molecular complexity index is 848. The summed E-state index contributed by atoms with van der Waals surface area (Å²) in [6, 6.07) is 11.2. The third-order valence-electron chi connectivity index (χ3n) is 3.22. The summed E-state index contributed by atoms with van der Waals surface area (Å²) in [4.78, 5) is 24.5. The van der Waals surface area contributed by atoms with E-state index in [2.05, 4.69) is 10.4 Å². The fraction of sp³-hybridized carbons (Fsp3) is 0.188. The van der Waals surface area contributed by atoms with Crippen molar-refractivity contribution in [3.8, 4) is 10.8 Å². The van der Waals surface area contributed by atoms with Crippen LogP contribution in [0.2, 0.25) is 0 Å². The van der Waals surface area contributed by atoms with E-state index in [4.69, 9.17) is 4.42 Å². The van der Waals surface area contributed by atoms with Gasteiger partial charge in [-0.05, 0) is 30.5 Å². The predicted molar refractivity (Wildman–Crippen MR) is 88.5 cm³/mol. The van der Waals surface area contributed by atoms with Crippen LogP contribution < -0.4 is 11.1 Å². The van der Waals surface area contributed by atoms with Gasteiger partial charge in [0, 0.05) is 12.1 Å². The Morgan fingerprint density at radius 2 is 2.09 bits per heavy atom. The third kappa shape index (κ3) is 3.75. The Hall–Kier alpha value is -2.67. The van der Waals surface area contributed by atoms with Crippen LogP contribution in [0, 0.1) is 6.92 Å². The lowest BCUT2D eigenvalue weighted by molar-refractivity contribution is -0.116. The van der Waals surface area contributed by atoms with Gasteiger partial charge >= 0.3 is 5.76 Å². The van der Waals surface area contributed by atoms with E-state index in [1.165, 1.54) is 16.0 Å². The first-order valence-corrected chi connectivity index (χ1v) is 7.98. The Labute approximate surface area is 136 Å². The number of carbonyl (C=O) groups excluding carboxylic acids is 1. The Morgan fingerprint density at radius 3 is 2.78 bits per heavy atom. The molecular formula is C16H15N3O3S. The molecule has 0 saturated carbocycles. The highest BCUT2D eigenvalue weighted by Gasteiger charge is 2.12. The molecule has 118 valence electrons. The van der Waals surface area contributed by atoms with Gasteiger partial charge in [0.05, 0.1) is 11.4 Å². The number of benzene rings is 1. The Kier molecular flexibility index (Phi) is 4.38. The third-order valence-corrected chi connectivity index (χ3v) is 4.08. The monoisotopic (exact) mass is 329 g/mol. The second-order valence-corrected chi connectivity index (χ2v) is 5.99. The van der Waals surface area contributed by atoms with Gasteiger partial charge in [-0.15, -0.1) is 16.4 Å². The van der Waals surface area contributed by atoms with Crippen molar-refractivity contribution in [2.45, 2.75) is 19.9 Å². The average molecular weight is 329 g/mol. The molecule has 0 atom stereocenters. The Balaban J connectivity index is 1.61. The van der Waals surface area contributed by atoms with Gasteiger partial charge in [-0.25, -0.2) is 4.79 Å². The van der Waals surface area contributed by atoms with Gasteiger partial charge in [-0.2, -0.15) is 4.68 Å². The molecule has 1 amide bonds. The fourth-order valence-electron chi connectivity index (χ4n) is 2.02. The number of nitrogens with zero attached hydrogens (tertiary/aromatic N) is 2. The molecule has 0 fully saturated rings. The molecule has 0 aliphatic heterocycles. The minimum absolute atomic E-state index is 0.143. The van der Waals surface area contributed by atoms with Crippen LogP contribution >= 0.6 is 11.3 Å². The van der Waals surface area contributed by atoms with Crippen LogP contribution in [0.3, 0.4) is 0 Å². The molecular weight excluding hydrogens is 314 g/mol. The summed E-state index contributed by atoms with van der Waals surface area (Å²) in [5, 5.41) is 8.77. The minimum Gasteiger partial charge on any atom is -0.387 e. The molecule has 6 nitrogen and oxygen atoms in total. The number of hydrogen-bond acceptors (Lipinski definition) is 5. The molecule has 1 N–H and O–H groups in total. The first-order valence-electron chi connectivity index (χ1n) is 7.10. The summed E-state index contributed by atoms with van der Waals surface area (Å²) >= 11 is 1.44. The number of aryl methyl sites for hydroxylation is 2. The first-order chi connectivity index (χ1) is 11.1. The predicted octanol–water partition coefficient (Wildman–Crippen LogP) is 2.90. The van der Waals surface area contributed by atoms with E-state index < -0.39 is 5.76 Å². The normalized spacial score (nSPS) is 10.7. The molecule has 0 bridgehead atoms. The second-order valence-electron chi connectivity index (χ2n) is 5.04. The SMILES string of the molecule is Cc1ccc(NC(=O)CCn2nc(-c3cccs3)oc2=O)cc1. The van der Waals surface area contributed by atoms with E-state index >= 15 is 0 Å². The molecule has 1 aromatic carbocycles. The number of aromatic nitrogens is 2. The van der Waals surface area contributed by atoms with Gasteiger partial charge < -0.3 is 9.73 Å². The molecule has 2 heterocycles. The molecule has 0 spiro atoms. The number of amides is 1. The van der Waals surface area contributed by atoms with Gasteiger partial charge in [0.2, 0.25) is 5.91 Å². The van der Waals surface area contributed by atoms with Gasteiger partial charge in [0.15, 0.2) is 0 Å². The van der Waals surface area contributed by atoms with E-state index in [0.717, 1.165) is 16.1 Å².